The highest BCUT2D eigenvalue weighted by molar-refractivity contribution is 5.85. The first-order valence-corrected chi connectivity index (χ1v) is 10.7. The van der Waals surface area contributed by atoms with Crippen molar-refractivity contribution in [3.05, 3.63) is 47.0 Å². The Labute approximate surface area is 176 Å². The Morgan fingerprint density at radius 3 is 2.39 bits per heavy atom. The molecule has 3 nitrogen and oxygen atoms in total. The van der Waals surface area contributed by atoms with E-state index in [-0.39, 0.29) is 29.4 Å². The fourth-order valence-electron chi connectivity index (χ4n) is 5.47. The molecule has 1 aromatic rings. The van der Waals surface area contributed by atoms with Crippen LogP contribution in [0.15, 0.2) is 30.4 Å². The lowest BCUT2D eigenvalue weighted by Gasteiger charge is -2.59. The van der Waals surface area contributed by atoms with E-state index < -0.39 is 0 Å². The van der Waals surface area contributed by atoms with Crippen LogP contribution in [-0.2, 0) is 24.1 Å². The normalized spacial score (nSPS) is 26.6. The average Bonchev–Trinajstić information content (AvgIpc) is 3.19. The van der Waals surface area contributed by atoms with E-state index in [1.807, 2.05) is 0 Å². The molecule has 28 heavy (non-hydrogen) atoms. The third kappa shape index (κ3) is 3.64. The first kappa shape index (κ1) is 21.4. The highest BCUT2D eigenvalue weighted by Crippen LogP contribution is 2.46. The van der Waals surface area contributed by atoms with Crippen LogP contribution in [0.25, 0.3) is 0 Å². The smallest absolute Gasteiger partial charge is 0.228 e. The summed E-state index contributed by atoms with van der Waals surface area (Å²) in [6.45, 7) is 9.74. The van der Waals surface area contributed by atoms with Crippen molar-refractivity contribution in [3.63, 3.8) is 0 Å². The molecule has 1 amide bonds. The standard InChI is InChI=1S/C24H34N2O.ClH/c1-23(2)13-8-16-26(24(23,3)25-14-6-7-15-25)22(27)18-19-11-12-20-9-4-5-10-21(20)17-19;/h6-7,11-12,17H,4-5,8-10,13-16,18H2,1-3H3;1H. The number of nitrogens with zero attached hydrogens (tertiary/aromatic N) is 2. The molecule has 0 radical (unpaired) electrons. The summed E-state index contributed by atoms with van der Waals surface area (Å²) in [4.78, 5) is 18.2. The van der Waals surface area contributed by atoms with E-state index in [1.54, 1.807) is 0 Å². The van der Waals surface area contributed by atoms with E-state index in [1.165, 1.54) is 48.8 Å². The largest absolute Gasteiger partial charge is 0.324 e. The minimum absolute atomic E-state index is 0. The number of hydrogen-bond acceptors (Lipinski definition) is 2. The van der Waals surface area contributed by atoms with Gasteiger partial charge in [0.15, 0.2) is 0 Å². The quantitative estimate of drug-likeness (QED) is 0.680. The summed E-state index contributed by atoms with van der Waals surface area (Å²) in [7, 11) is 0. The zero-order chi connectivity index (χ0) is 19.1. The Balaban J connectivity index is 0.00000225. The molecule has 0 saturated carbocycles. The summed E-state index contributed by atoms with van der Waals surface area (Å²) >= 11 is 0. The van der Waals surface area contributed by atoms with E-state index >= 15 is 0 Å². The van der Waals surface area contributed by atoms with E-state index in [2.05, 4.69) is 60.9 Å². The van der Waals surface area contributed by atoms with Crippen LogP contribution >= 0.6 is 12.4 Å². The van der Waals surface area contributed by atoms with Crippen molar-refractivity contribution in [1.29, 1.82) is 0 Å². The third-order valence-corrected chi connectivity index (χ3v) is 7.49. The summed E-state index contributed by atoms with van der Waals surface area (Å²) in [5.41, 5.74) is 4.01. The van der Waals surface area contributed by atoms with Crippen LogP contribution in [0.4, 0.5) is 0 Å². The Kier molecular flexibility index (Phi) is 6.26. The number of fused-ring (bicyclic) bond motifs is 1. The maximum atomic E-state index is 13.5. The average molecular weight is 403 g/mol. The number of rotatable bonds is 3. The van der Waals surface area contributed by atoms with Crippen molar-refractivity contribution >= 4 is 18.3 Å². The van der Waals surface area contributed by atoms with Crippen molar-refractivity contribution in [2.75, 3.05) is 19.6 Å². The summed E-state index contributed by atoms with van der Waals surface area (Å²) < 4.78 is 0. The zero-order valence-corrected chi connectivity index (χ0v) is 18.5. The number of piperidine rings is 1. The fourth-order valence-corrected chi connectivity index (χ4v) is 5.47. The Morgan fingerprint density at radius 1 is 1.00 bits per heavy atom. The van der Waals surface area contributed by atoms with Gasteiger partial charge in [0.05, 0.1) is 12.1 Å². The minimum Gasteiger partial charge on any atom is -0.324 e. The molecule has 154 valence electrons. The second-order valence-corrected chi connectivity index (χ2v) is 9.42. The minimum atomic E-state index is -0.222. The first-order chi connectivity index (χ1) is 12.9. The van der Waals surface area contributed by atoms with Crippen LogP contribution in [0.1, 0.15) is 63.1 Å². The van der Waals surface area contributed by atoms with E-state index in [0.29, 0.717) is 6.42 Å². The van der Waals surface area contributed by atoms with Crippen molar-refractivity contribution in [1.82, 2.24) is 9.80 Å². The van der Waals surface area contributed by atoms with Gasteiger partial charge < -0.3 is 4.90 Å². The molecular formula is C24H35ClN2O. The van der Waals surface area contributed by atoms with Gasteiger partial charge in [-0.1, -0.05) is 44.2 Å². The van der Waals surface area contributed by atoms with Crippen LogP contribution in [0.3, 0.4) is 0 Å². The van der Waals surface area contributed by atoms with Crippen LogP contribution in [0, 0.1) is 5.41 Å². The van der Waals surface area contributed by atoms with Crippen molar-refractivity contribution in [2.45, 2.75) is 71.4 Å². The molecule has 2 heterocycles. The van der Waals surface area contributed by atoms with Gasteiger partial charge in [-0.3, -0.25) is 9.69 Å². The molecule has 1 unspecified atom stereocenters. The number of halogens is 1. The van der Waals surface area contributed by atoms with Crippen LogP contribution in [-0.4, -0.2) is 41.0 Å². The fraction of sp³-hybridized carbons (Fsp3) is 0.625. The highest BCUT2D eigenvalue weighted by Gasteiger charge is 2.53. The highest BCUT2D eigenvalue weighted by atomic mass is 35.5. The van der Waals surface area contributed by atoms with E-state index in [0.717, 1.165) is 26.1 Å². The molecule has 3 aliphatic rings. The van der Waals surface area contributed by atoms with E-state index in [4.69, 9.17) is 0 Å². The number of carbonyl (C=O) groups excluding carboxylic acids is 1. The molecule has 0 N–H and O–H groups in total. The lowest BCUT2D eigenvalue weighted by Crippen LogP contribution is -2.69. The Hall–Kier alpha value is -1.32. The van der Waals surface area contributed by atoms with Crippen LogP contribution < -0.4 is 0 Å². The summed E-state index contributed by atoms with van der Waals surface area (Å²) in [6.07, 6.45) is 12.2. The molecule has 4 heteroatoms. The molecule has 0 spiro atoms. The zero-order valence-electron chi connectivity index (χ0n) is 17.7. The predicted octanol–water partition coefficient (Wildman–Crippen LogP) is 4.77. The van der Waals surface area contributed by atoms with Gasteiger partial charge >= 0.3 is 0 Å². The van der Waals surface area contributed by atoms with Crippen molar-refractivity contribution in [3.8, 4) is 0 Å². The maximum Gasteiger partial charge on any atom is 0.228 e. The molecular weight excluding hydrogens is 368 g/mol. The van der Waals surface area contributed by atoms with Gasteiger partial charge in [0, 0.05) is 25.0 Å². The molecule has 1 aliphatic carbocycles. The molecule has 0 aromatic heterocycles. The first-order valence-electron chi connectivity index (χ1n) is 10.7. The second-order valence-electron chi connectivity index (χ2n) is 9.42. The van der Waals surface area contributed by atoms with Gasteiger partial charge in [0.25, 0.3) is 0 Å². The number of hydrogen-bond donors (Lipinski definition) is 0. The molecule has 2 aliphatic heterocycles. The van der Waals surface area contributed by atoms with Gasteiger partial charge in [-0.25, -0.2) is 0 Å². The lowest BCUT2D eigenvalue weighted by molar-refractivity contribution is -0.170. The molecule has 1 fully saturated rings. The Morgan fingerprint density at radius 2 is 1.68 bits per heavy atom. The summed E-state index contributed by atoms with van der Waals surface area (Å²) in [5.74, 6) is 0.285. The van der Waals surface area contributed by atoms with Gasteiger partial charge in [0.1, 0.15) is 0 Å². The van der Waals surface area contributed by atoms with E-state index in [9.17, 15) is 4.79 Å². The number of amides is 1. The Bertz CT molecular complexity index is 749. The number of aryl methyl sites for hydroxylation is 2. The molecule has 1 saturated heterocycles. The monoisotopic (exact) mass is 402 g/mol. The maximum absolute atomic E-state index is 13.5. The van der Waals surface area contributed by atoms with Gasteiger partial charge in [-0.2, -0.15) is 0 Å². The number of benzene rings is 1. The second kappa shape index (κ2) is 8.20. The molecule has 1 atom stereocenters. The van der Waals surface area contributed by atoms with Gasteiger partial charge in [0.2, 0.25) is 5.91 Å². The van der Waals surface area contributed by atoms with Gasteiger partial charge in [-0.15, -0.1) is 12.4 Å². The number of likely N-dealkylation sites (tertiary alicyclic amines) is 1. The summed E-state index contributed by atoms with van der Waals surface area (Å²) in [5, 5.41) is 0. The molecule has 4 rings (SSSR count). The summed E-state index contributed by atoms with van der Waals surface area (Å²) in [6, 6.07) is 6.75. The molecule has 1 aromatic carbocycles. The van der Waals surface area contributed by atoms with Crippen LogP contribution in [0.2, 0.25) is 0 Å². The third-order valence-electron chi connectivity index (χ3n) is 7.49. The predicted molar refractivity (Wildman–Crippen MR) is 118 cm³/mol. The van der Waals surface area contributed by atoms with Crippen LogP contribution in [0.5, 0.6) is 0 Å². The van der Waals surface area contributed by atoms with Crippen molar-refractivity contribution in [2.24, 2.45) is 5.41 Å². The number of carbonyl (C=O) groups is 1. The lowest BCUT2D eigenvalue weighted by atomic mass is 9.71. The van der Waals surface area contributed by atoms with Gasteiger partial charge in [-0.05, 0) is 62.1 Å². The topological polar surface area (TPSA) is 23.6 Å². The van der Waals surface area contributed by atoms with Crippen molar-refractivity contribution < 1.29 is 4.79 Å². The molecule has 0 bridgehead atoms. The SMILES string of the molecule is CC1(C)CCCN(C(=O)Cc2ccc3c(c2)CCCC3)C1(C)N1CC=CC1.Cl.